The zero-order valence-corrected chi connectivity index (χ0v) is 27.2. The van der Waals surface area contributed by atoms with E-state index in [1.807, 2.05) is 30.0 Å². The zero-order valence-electron chi connectivity index (χ0n) is 26.4. The van der Waals surface area contributed by atoms with Crippen LogP contribution >= 0.6 is 11.8 Å². The molecule has 1 aliphatic heterocycles. The first-order valence-corrected chi connectivity index (χ1v) is 17.3. The van der Waals surface area contributed by atoms with Crippen molar-refractivity contribution in [3.05, 3.63) is 192 Å². The first kappa shape index (κ1) is 28.1. The smallest absolute Gasteiger partial charge is 0.180 e. The molecule has 0 radical (unpaired) electrons. The van der Waals surface area contributed by atoms with Gasteiger partial charge in [-0.25, -0.2) is 9.97 Å². The lowest BCUT2D eigenvalue weighted by Gasteiger charge is -2.42. The standard InChI is InChI=1S/C45H28N2OS/c1-3-15-33(16-4-1)45(34-17-5-2-6-18-34)36-20-10-12-22-39(36)49-40-28-32(25-26-37(40)45)44-46-41(31-24-23-29-13-7-8-14-30(29)27-31)43-42(47-44)35-19-9-11-21-38(35)48-43/h1-28H. The van der Waals surface area contributed by atoms with E-state index in [-0.39, 0.29) is 0 Å². The fourth-order valence-electron chi connectivity index (χ4n) is 7.60. The number of benzene rings is 7. The highest BCUT2D eigenvalue weighted by molar-refractivity contribution is 7.99. The van der Waals surface area contributed by atoms with E-state index in [2.05, 4.69) is 152 Å². The molecule has 3 heterocycles. The summed E-state index contributed by atoms with van der Waals surface area (Å²) in [6, 6.07) is 60.4. The Bertz CT molecular complexity index is 2660. The average Bonchev–Trinajstić information content (AvgIpc) is 3.55. The molecule has 7 aromatic carbocycles. The fraction of sp³-hybridized carbons (Fsp3) is 0.0222. The van der Waals surface area contributed by atoms with E-state index >= 15 is 0 Å². The Morgan fingerprint density at radius 1 is 0.490 bits per heavy atom. The van der Waals surface area contributed by atoms with Crippen LogP contribution in [0.5, 0.6) is 0 Å². The van der Waals surface area contributed by atoms with Gasteiger partial charge in [0.15, 0.2) is 11.4 Å². The Labute approximate surface area is 287 Å². The molecule has 9 aromatic rings. The molecule has 1 aliphatic rings. The Morgan fingerprint density at radius 2 is 1.14 bits per heavy atom. The predicted octanol–water partition coefficient (Wildman–Crippen LogP) is 11.7. The van der Waals surface area contributed by atoms with Crippen molar-refractivity contribution < 1.29 is 4.42 Å². The van der Waals surface area contributed by atoms with Gasteiger partial charge in [0, 0.05) is 26.3 Å². The van der Waals surface area contributed by atoms with Gasteiger partial charge < -0.3 is 4.42 Å². The van der Waals surface area contributed by atoms with Crippen LogP contribution in [0.25, 0.3) is 55.5 Å². The van der Waals surface area contributed by atoms with Crippen LogP contribution in [0.4, 0.5) is 0 Å². The second-order valence-electron chi connectivity index (χ2n) is 12.5. The van der Waals surface area contributed by atoms with Gasteiger partial charge in [0.2, 0.25) is 0 Å². The SMILES string of the molecule is c1ccc(C2(c3ccccc3)c3ccccc3Sc3cc(-c4nc(-c5ccc6ccccc6c5)c5oc6ccccc6c5n4)ccc32)cc1. The summed E-state index contributed by atoms with van der Waals surface area (Å²) in [6.45, 7) is 0. The van der Waals surface area contributed by atoms with Crippen molar-refractivity contribution in [2.45, 2.75) is 15.2 Å². The lowest BCUT2D eigenvalue weighted by molar-refractivity contribution is 0.667. The molecule has 4 heteroatoms. The summed E-state index contributed by atoms with van der Waals surface area (Å²) in [6.07, 6.45) is 0. The van der Waals surface area contributed by atoms with Crippen molar-refractivity contribution in [3.63, 3.8) is 0 Å². The minimum absolute atomic E-state index is 0.486. The highest BCUT2D eigenvalue weighted by atomic mass is 32.2. The summed E-state index contributed by atoms with van der Waals surface area (Å²) in [7, 11) is 0. The topological polar surface area (TPSA) is 38.9 Å². The third-order valence-corrected chi connectivity index (χ3v) is 10.9. The van der Waals surface area contributed by atoms with Gasteiger partial charge in [0.05, 0.1) is 5.41 Å². The van der Waals surface area contributed by atoms with Crippen molar-refractivity contribution in [2.75, 3.05) is 0 Å². The Hall–Kier alpha value is -5.97. The third kappa shape index (κ3) is 4.31. The molecule has 3 nitrogen and oxygen atoms in total. The molecule has 0 spiro atoms. The minimum Gasteiger partial charge on any atom is -0.452 e. The zero-order chi connectivity index (χ0) is 32.4. The van der Waals surface area contributed by atoms with E-state index < -0.39 is 5.41 Å². The maximum absolute atomic E-state index is 6.47. The number of para-hydroxylation sites is 1. The van der Waals surface area contributed by atoms with E-state index in [9.17, 15) is 0 Å². The second kappa shape index (κ2) is 11.0. The Kier molecular flexibility index (Phi) is 6.33. The molecular weight excluding hydrogens is 617 g/mol. The van der Waals surface area contributed by atoms with Gasteiger partial charge in [-0.05, 0) is 63.4 Å². The number of nitrogens with zero attached hydrogens (tertiary/aromatic N) is 2. The molecule has 0 atom stereocenters. The van der Waals surface area contributed by atoms with Gasteiger partial charge in [0.1, 0.15) is 16.8 Å². The quantitative estimate of drug-likeness (QED) is 0.191. The molecule has 0 amide bonds. The molecule has 0 bridgehead atoms. The normalized spacial score (nSPS) is 13.4. The number of fused-ring (bicyclic) bond motifs is 6. The van der Waals surface area contributed by atoms with Crippen LogP contribution in [0, 0.1) is 0 Å². The molecule has 2 aromatic heterocycles. The maximum Gasteiger partial charge on any atom is 0.180 e. The van der Waals surface area contributed by atoms with Crippen LogP contribution in [0.2, 0.25) is 0 Å². The largest absolute Gasteiger partial charge is 0.452 e. The number of rotatable bonds is 4. The molecule has 10 rings (SSSR count). The van der Waals surface area contributed by atoms with Crippen LogP contribution in [-0.4, -0.2) is 9.97 Å². The Balaban J connectivity index is 1.23. The van der Waals surface area contributed by atoms with Gasteiger partial charge in [-0.15, -0.1) is 0 Å². The van der Waals surface area contributed by atoms with Crippen molar-refractivity contribution in [1.29, 1.82) is 0 Å². The molecule has 0 aliphatic carbocycles. The fourth-order valence-corrected chi connectivity index (χ4v) is 8.83. The van der Waals surface area contributed by atoms with Crippen molar-refractivity contribution in [1.82, 2.24) is 9.97 Å². The minimum atomic E-state index is -0.486. The van der Waals surface area contributed by atoms with Gasteiger partial charge >= 0.3 is 0 Å². The lowest BCUT2D eigenvalue weighted by Crippen LogP contribution is -2.34. The summed E-state index contributed by atoms with van der Waals surface area (Å²) in [5.74, 6) is 0.675. The highest BCUT2D eigenvalue weighted by Crippen LogP contribution is 2.56. The Morgan fingerprint density at radius 3 is 1.96 bits per heavy atom. The average molecular weight is 645 g/mol. The molecule has 0 saturated heterocycles. The first-order valence-electron chi connectivity index (χ1n) is 16.5. The van der Waals surface area contributed by atoms with Gasteiger partial charge in [-0.2, -0.15) is 0 Å². The highest BCUT2D eigenvalue weighted by Gasteiger charge is 2.44. The third-order valence-electron chi connectivity index (χ3n) is 9.81. The lowest BCUT2D eigenvalue weighted by atomic mass is 9.64. The van der Waals surface area contributed by atoms with Crippen molar-refractivity contribution in [3.8, 4) is 22.6 Å². The maximum atomic E-state index is 6.47. The molecule has 0 unspecified atom stereocenters. The van der Waals surface area contributed by atoms with E-state index in [1.165, 1.54) is 37.4 Å². The van der Waals surface area contributed by atoms with Gasteiger partial charge in [-0.3, -0.25) is 0 Å². The monoisotopic (exact) mass is 644 g/mol. The van der Waals surface area contributed by atoms with Crippen LogP contribution in [0.1, 0.15) is 22.3 Å². The predicted molar refractivity (Wildman–Crippen MR) is 200 cm³/mol. The number of hydrogen-bond acceptors (Lipinski definition) is 4. The molecule has 0 N–H and O–H groups in total. The summed E-state index contributed by atoms with van der Waals surface area (Å²) < 4.78 is 6.47. The van der Waals surface area contributed by atoms with E-state index in [1.54, 1.807) is 0 Å². The number of furan rings is 1. The van der Waals surface area contributed by atoms with Crippen LogP contribution in [-0.2, 0) is 5.41 Å². The summed E-state index contributed by atoms with van der Waals surface area (Å²) in [5.41, 5.74) is 9.62. The summed E-state index contributed by atoms with van der Waals surface area (Å²) in [5, 5.41) is 3.33. The van der Waals surface area contributed by atoms with E-state index in [0.717, 1.165) is 38.7 Å². The molecule has 0 saturated carbocycles. The molecule has 49 heavy (non-hydrogen) atoms. The number of hydrogen-bond donors (Lipinski definition) is 0. The van der Waals surface area contributed by atoms with E-state index in [0.29, 0.717) is 11.4 Å². The van der Waals surface area contributed by atoms with E-state index in [4.69, 9.17) is 14.4 Å². The van der Waals surface area contributed by atoms with Crippen LogP contribution < -0.4 is 0 Å². The van der Waals surface area contributed by atoms with Crippen molar-refractivity contribution in [2.24, 2.45) is 0 Å². The summed E-state index contributed by atoms with van der Waals surface area (Å²) >= 11 is 1.82. The van der Waals surface area contributed by atoms with Crippen LogP contribution in [0.3, 0.4) is 0 Å². The first-order chi connectivity index (χ1) is 24.3. The summed E-state index contributed by atoms with van der Waals surface area (Å²) in [4.78, 5) is 12.9. The molecule has 0 fully saturated rings. The van der Waals surface area contributed by atoms with Gasteiger partial charge in [-0.1, -0.05) is 151 Å². The van der Waals surface area contributed by atoms with Crippen LogP contribution in [0.15, 0.2) is 184 Å². The number of aromatic nitrogens is 2. The molecular formula is C45H28N2OS. The second-order valence-corrected chi connectivity index (χ2v) is 13.6. The van der Waals surface area contributed by atoms with Gasteiger partial charge in [0.25, 0.3) is 0 Å². The molecule has 230 valence electrons. The van der Waals surface area contributed by atoms with Crippen molar-refractivity contribution >= 4 is 44.6 Å².